The molecule has 1 saturated carbocycles. The van der Waals surface area contributed by atoms with E-state index in [1.165, 1.54) is 0 Å². The average Bonchev–Trinajstić information content (AvgIpc) is 3.53. The number of fused-ring (bicyclic) bond motifs is 1. The summed E-state index contributed by atoms with van der Waals surface area (Å²) in [6.45, 7) is 9.86. The SMILES string of the molecule is CC(C)(C)OC(=O)N(C(=O)OC(C)(C)C)c1nn(C(=O)O)c2nc(-c3ccc(N)cc3)nc(C3CC3)c12. The predicted octanol–water partition coefficient (Wildman–Crippen LogP) is 5.16. The standard InChI is InChI=1S/C25H30N6O6/c1-24(2,3)36-22(34)30(23(35)37-25(4,5)6)20-16-17(13-7-8-13)27-18(14-9-11-15(26)12-10-14)28-19(16)31(29-20)21(32)33/h9-13H,7-8,26H2,1-6H3,(H,32,33). The molecule has 1 fully saturated rings. The smallest absolute Gasteiger partial charge is 0.434 e. The summed E-state index contributed by atoms with van der Waals surface area (Å²) in [5, 5.41) is 14.2. The van der Waals surface area contributed by atoms with Crippen LogP contribution in [0.5, 0.6) is 0 Å². The minimum absolute atomic E-state index is 0.0256. The monoisotopic (exact) mass is 510 g/mol. The van der Waals surface area contributed by atoms with Gasteiger partial charge < -0.3 is 20.3 Å². The first-order valence-electron chi connectivity index (χ1n) is 11.8. The molecule has 0 aliphatic heterocycles. The Balaban J connectivity index is 1.98. The van der Waals surface area contributed by atoms with E-state index < -0.39 is 29.5 Å². The molecule has 12 nitrogen and oxygen atoms in total. The number of carbonyl (C=O) groups is 3. The van der Waals surface area contributed by atoms with Crippen molar-refractivity contribution in [3.05, 3.63) is 30.0 Å². The van der Waals surface area contributed by atoms with Gasteiger partial charge in [0.05, 0.1) is 11.1 Å². The van der Waals surface area contributed by atoms with Crippen LogP contribution in [0, 0.1) is 0 Å². The molecule has 37 heavy (non-hydrogen) atoms. The lowest BCUT2D eigenvalue weighted by atomic mass is 10.1. The lowest BCUT2D eigenvalue weighted by Crippen LogP contribution is -2.44. The topological polar surface area (TPSA) is 163 Å². The summed E-state index contributed by atoms with van der Waals surface area (Å²) in [6, 6.07) is 6.82. The molecule has 1 aliphatic rings. The lowest BCUT2D eigenvalue weighted by molar-refractivity contribution is 0.0429. The van der Waals surface area contributed by atoms with Crippen LogP contribution in [0.1, 0.15) is 66.0 Å². The number of ether oxygens (including phenoxy) is 2. The van der Waals surface area contributed by atoms with Crippen molar-refractivity contribution < 1.29 is 29.0 Å². The van der Waals surface area contributed by atoms with Crippen LogP contribution in [-0.2, 0) is 9.47 Å². The molecule has 0 atom stereocenters. The van der Waals surface area contributed by atoms with Crippen molar-refractivity contribution in [1.29, 1.82) is 0 Å². The number of nitrogens with two attached hydrogens (primary N) is 1. The minimum atomic E-state index is -1.45. The Bertz CT molecular complexity index is 1350. The molecule has 0 unspecified atom stereocenters. The number of hydrogen-bond donors (Lipinski definition) is 2. The minimum Gasteiger partial charge on any atom is -0.463 e. The van der Waals surface area contributed by atoms with E-state index in [2.05, 4.69) is 10.1 Å². The molecular formula is C25H30N6O6. The van der Waals surface area contributed by atoms with E-state index in [0.29, 0.717) is 26.5 Å². The highest BCUT2D eigenvalue weighted by Gasteiger charge is 2.40. The van der Waals surface area contributed by atoms with Gasteiger partial charge in [-0.15, -0.1) is 9.78 Å². The molecule has 0 spiro atoms. The molecule has 1 aromatic carbocycles. The van der Waals surface area contributed by atoms with Crippen molar-refractivity contribution >= 4 is 40.8 Å². The predicted molar refractivity (Wildman–Crippen MR) is 136 cm³/mol. The second-order valence-electron chi connectivity index (χ2n) is 10.8. The first kappa shape index (κ1) is 25.9. The number of aromatic nitrogens is 4. The van der Waals surface area contributed by atoms with E-state index in [4.69, 9.17) is 20.2 Å². The van der Waals surface area contributed by atoms with E-state index in [1.54, 1.807) is 65.8 Å². The normalized spacial score (nSPS) is 13.9. The van der Waals surface area contributed by atoms with Gasteiger partial charge in [0.2, 0.25) is 0 Å². The Hall–Kier alpha value is -4.22. The van der Waals surface area contributed by atoms with Crippen LogP contribution < -0.4 is 10.6 Å². The van der Waals surface area contributed by atoms with E-state index >= 15 is 0 Å². The van der Waals surface area contributed by atoms with Crippen LogP contribution in [0.2, 0.25) is 0 Å². The van der Waals surface area contributed by atoms with Crippen molar-refractivity contribution in [2.24, 2.45) is 0 Å². The fraction of sp³-hybridized carbons (Fsp3) is 0.440. The Morgan fingerprint density at radius 2 is 1.51 bits per heavy atom. The second kappa shape index (κ2) is 9.02. The fourth-order valence-electron chi connectivity index (χ4n) is 3.59. The summed E-state index contributed by atoms with van der Waals surface area (Å²) < 4.78 is 11.6. The van der Waals surface area contributed by atoms with E-state index in [-0.39, 0.29) is 28.6 Å². The van der Waals surface area contributed by atoms with Crippen LogP contribution in [0.25, 0.3) is 22.4 Å². The number of benzene rings is 1. The molecule has 1 aliphatic carbocycles. The number of carbonyl (C=O) groups excluding carboxylic acids is 2. The van der Waals surface area contributed by atoms with E-state index in [9.17, 15) is 19.5 Å². The molecule has 3 N–H and O–H groups in total. The largest absolute Gasteiger partial charge is 0.463 e. The summed E-state index contributed by atoms with van der Waals surface area (Å²) in [4.78, 5) is 48.6. The summed E-state index contributed by atoms with van der Waals surface area (Å²) >= 11 is 0. The van der Waals surface area contributed by atoms with Gasteiger partial charge >= 0.3 is 18.3 Å². The summed E-state index contributed by atoms with van der Waals surface area (Å²) in [6.07, 6.45) is -1.99. The van der Waals surface area contributed by atoms with Crippen molar-refractivity contribution in [2.75, 3.05) is 10.6 Å². The first-order valence-corrected chi connectivity index (χ1v) is 11.8. The zero-order chi connectivity index (χ0) is 27.3. The third-order valence-electron chi connectivity index (χ3n) is 5.21. The van der Waals surface area contributed by atoms with Crippen molar-refractivity contribution in [1.82, 2.24) is 19.7 Å². The van der Waals surface area contributed by atoms with Gasteiger partial charge in [-0.1, -0.05) is 0 Å². The molecule has 196 valence electrons. The average molecular weight is 511 g/mol. The summed E-state index contributed by atoms with van der Waals surface area (Å²) in [7, 11) is 0. The fourth-order valence-corrected chi connectivity index (χ4v) is 3.59. The number of rotatable bonds is 3. The molecule has 2 heterocycles. The highest BCUT2D eigenvalue weighted by Crippen LogP contribution is 2.45. The van der Waals surface area contributed by atoms with Crippen molar-refractivity contribution in [3.63, 3.8) is 0 Å². The zero-order valence-corrected chi connectivity index (χ0v) is 21.6. The van der Waals surface area contributed by atoms with Gasteiger partial charge in [-0.25, -0.2) is 24.4 Å². The maximum absolute atomic E-state index is 13.3. The number of nitrogens with zero attached hydrogens (tertiary/aromatic N) is 5. The second-order valence-corrected chi connectivity index (χ2v) is 10.8. The third kappa shape index (κ3) is 5.63. The van der Waals surface area contributed by atoms with Gasteiger partial charge in [-0.05, 0) is 78.6 Å². The number of hydrogen-bond acceptors (Lipinski definition) is 9. The molecule has 4 rings (SSSR count). The quantitative estimate of drug-likeness (QED) is 0.450. The van der Waals surface area contributed by atoms with E-state index in [0.717, 1.165) is 12.8 Å². The van der Waals surface area contributed by atoms with Crippen LogP contribution >= 0.6 is 0 Å². The Labute approximate surface area is 213 Å². The number of imide groups is 1. The molecule has 3 aromatic rings. The Morgan fingerprint density at radius 1 is 0.973 bits per heavy atom. The van der Waals surface area contributed by atoms with Gasteiger partial charge in [0, 0.05) is 17.2 Å². The first-order chi connectivity index (χ1) is 17.1. The van der Waals surface area contributed by atoms with Crippen molar-refractivity contribution in [2.45, 2.75) is 71.5 Å². The Kier molecular flexibility index (Phi) is 6.30. The summed E-state index contributed by atoms with van der Waals surface area (Å²) in [5.74, 6) is -0.0292. The maximum Gasteiger partial charge on any atom is 0.434 e. The molecule has 0 saturated heterocycles. The number of nitrogen functional groups attached to an aromatic ring is 1. The molecule has 0 radical (unpaired) electrons. The number of anilines is 2. The summed E-state index contributed by atoms with van der Waals surface area (Å²) in [5.41, 5.74) is 5.47. The third-order valence-corrected chi connectivity index (χ3v) is 5.21. The highest BCUT2D eigenvalue weighted by molar-refractivity contribution is 6.14. The van der Waals surface area contributed by atoms with Gasteiger partial charge in [-0.2, -0.15) is 4.90 Å². The van der Waals surface area contributed by atoms with Gasteiger partial charge in [0.1, 0.15) is 11.2 Å². The van der Waals surface area contributed by atoms with Crippen LogP contribution in [-0.4, -0.2) is 54.3 Å². The van der Waals surface area contributed by atoms with Crippen LogP contribution in [0.15, 0.2) is 24.3 Å². The van der Waals surface area contributed by atoms with Crippen molar-refractivity contribution in [3.8, 4) is 11.4 Å². The zero-order valence-electron chi connectivity index (χ0n) is 21.6. The molecule has 12 heteroatoms. The maximum atomic E-state index is 13.3. The van der Waals surface area contributed by atoms with Crippen LogP contribution in [0.4, 0.5) is 25.9 Å². The van der Waals surface area contributed by atoms with Gasteiger partial charge in [0.15, 0.2) is 17.3 Å². The molecule has 2 amide bonds. The molecular weight excluding hydrogens is 480 g/mol. The highest BCUT2D eigenvalue weighted by atomic mass is 16.6. The Morgan fingerprint density at radius 3 is 1.97 bits per heavy atom. The van der Waals surface area contributed by atoms with Gasteiger partial charge in [0.25, 0.3) is 0 Å². The van der Waals surface area contributed by atoms with Crippen LogP contribution in [0.3, 0.4) is 0 Å². The van der Waals surface area contributed by atoms with E-state index in [1.807, 2.05) is 0 Å². The lowest BCUT2D eigenvalue weighted by Gasteiger charge is -2.27. The number of amides is 2. The molecule has 2 aromatic heterocycles. The molecule has 0 bridgehead atoms. The van der Waals surface area contributed by atoms with Gasteiger partial charge in [-0.3, -0.25) is 0 Å². The number of carboxylic acid groups (broad SMARTS) is 1.